The third kappa shape index (κ3) is 3.82. The Balaban J connectivity index is 1.74. The van der Waals surface area contributed by atoms with Crippen LogP contribution in [0.2, 0.25) is 5.02 Å². The number of halogens is 1. The van der Waals surface area contributed by atoms with E-state index in [1.165, 1.54) is 7.11 Å². The topological polar surface area (TPSA) is 42.0 Å². The van der Waals surface area contributed by atoms with Crippen molar-refractivity contribution in [3.63, 3.8) is 0 Å². The molecule has 0 bridgehead atoms. The molecular formula is C16H22BClN2O3. The summed E-state index contributed by atoms with van der Waals surface area (Å²) in [5, 5.41) is 0.614. The van der Waals surface area contributed by atoms with Crippen molar-refractivity contribution in [2.45, 2.75) is 25.0 Å². The largest absolute Gasteiger partial charge is 0.475 e. The smallest absolute Gasteiger partial charge is 0.350 e. The van der Waals surface area contributed by atoms with E-state index in [9.17, 15) is 4.79 Å². The lowest BCUT2D eigenvalue weighted by Gasteiger charge is -2.33. The fourth-order valence-electron chi connectivity index (χ4n) is 2.86. The van der Waals surface area contributed by atoms with Gasteiger partial charge in [-0.3, -0.25) is 4.90 Å². The Morgan fingerprint density at radius 3 is 2.61 bits per heavy atom. The Morgan fingerprint density at radius 2 is 2.00 bits per heavy atom. The van der Waals surface area contributed by atoms with Crippen LogP contribution in [0.15, 0.2) is 18.2 Å². The first-order valence-electron chi connectivity index (χ1n) is 7.99. The van der Waals surface area contributed by atoms with Crippen LogP contribution in [-0.2, 0) is 16.1 Å². The predicted molar refractivity (Wildman–Crippen MR) is 91.5 cm³/mol. The van der Waals surface area contributed by atoms with E-state index in [1.54, 1.807) is 6.07 Å². The van der Waals surface area contributed by atoms with Crippen LogP contribution in [0.3, 0.4) is 0 Å². The monoisotopic (exact) mass is 336 g/mol. The maximum atomic E-state index is 11.9. The molecule has 0 amide bonds. The lowest BCUT2D eigenvalue weighted by molar-refractivity contribution is -0.151. The van der Waals surface area contributed by atoms with Crippen LogP contribution in [0.25, 0.3) is 0 Å². The van der Waals surface area contributed by atoms with Crippen LogP contribution >= 0.6 is 11.6 Å². The van der Waals surface area contributed by atoms with Crippen molar-refractivity contribution in [1.82, 2.24) is 9.71 Å². The fraction of sp³-hybridized carbons (Fsp3) is 0.562. The molecule has 1 aromatic rings. The van der Waals surface area contributed by atoms with Gasteiger partial charge in [0, 0.05) is 43.1 Å². The van der Waals surface area contributed by atoms with Crippen LogP contribution in [0.5, 0.6) is 5.75 Å². The molecule has 3 rings (SSSR count). The number of hydrogen-bond donors (Lipinski definition) is 0. The van der Waals surface area contributed by atoms with Gasteiger partial charge in [-0.05, 0) is 25.2 Å². The van der Waals surface area contributed by atoms with Crippen molar-refractivity contribution in [3.05, 3.63) is 28.8 Å². The SMILES string of the molecule is BN1CCN(Cc2ccc(Cl)cc2OC2(C(=O)OC)CC2)CC1. The first-order chi connectivity index (χ1) is 11.0. The van der Waals surface area contributed by atoms with E-state index < -0.39 is 5.60 Å². The maximum Gasteiger partial charge on any atom is 0.350 e. The fourth-order valence-corrected chi connectivity index (χ4v) is 3.02. The van der Waals surface area contributed by atoms with Crippen LogP contribution < -0.4 is 4.74 Å². The number of esters is 1. The number of carbonyl (C=O) groups is 1. The number of methoxy groups -OCH3 is 1. The van der Waals surface area contributed by atoms with Gasteiger partial charge in [0.25, 0.3) is 0 Å². The summed E-state index contributed by atoms with van der Waals surface area (Å²) >= 11 is 6.12. The standard InChI is InChI=1S/C16H22BClN2O3/c1-22-15(21)16(4-5-16)23-14-10-13(18)3-2-12(14)11-19-6-8-20(17)9-7-19/h2-3,10H,4-9,11,17H2,1H3. The minimum Gasteiger partial charge on any atom is -0.475 e. The number of carbonyl (C=O) groups excluding carboxylic acids is 1. The van der Waals surface area contributed by atoms with E-state index in [1.807, 2.05) is 12.1 Å². The van der Waals surface area contributed by atoms with Crippen LogP contribution in [-0.4, -0.2) is 62.6 Å². The van der Waals surface area contributed by atoms with E-state index in [0.717, 1.165) is 38.3 Å². The number of piperazine rings is 1. The zero-order valence-electron chi connectivity index (χ0n) is 13.7. The number of rotatable bonds is 5. The summed E-state index contributed by atoms with van der Waals surface area (Å²) in [5.74, 6) is 0.391. The minimum atomic E-state index is -0.809. The molecule has 0 atom stereocenters. The highest BCUT2D eigenvalue weighted by molar-refractivity contribution is 6.30. The molecule has 0 aromatic heterocycles. The van der Waals surface area contributed by atoms with Gasteiger partial charge >= 0.3 is 5.97 Å². The second-order valence-electron chi connectivity index (χ2n) is 6.42. The van der Waals surface area contributed by atoms with Crippen molar-refractivity contribution >= 4 is 25.6 Å². The van der Waals surface area contributed by atoms with Gasteiger partial charge in [0.1, 0.15) is 5.75 Å². The van der Waals surface area contributed by atoms with Crippen molar-refractivity contribution in [2.24, 2.45) is 0 Å². The molecule has 23 heavy (non-hydrogen) atoms. The molecule has 1 aliphatic carbocycles. The molecule has 7 heteroatoms. The molecule has 0 spiro atoms. The summed E-state index contributed by atoms with van der Waals surface area (Å²) < 4.78 is 10.9. The number of ether oxygens (including phenoxy) is 2. The van der Waals surface area contributed by atoms with Gasteiger partial charge in [0.15, 0.2) is 7.98 Å². The average Bonchev–Trinajstić information content (AvgIpc) is 3.32. The predicted octanol–water partition coefficient (Wildman–Crippen LogP) is 1.09. The lowest BCUT2D eigenvalue weighted by atomic mass is 10.1. The number of nitrogens with zero attached hydrogens (tertiary/aromatic N) is 2. The molecule has 0 N–H and O–H groups in total. The van der Waals surface area contributed by atoms with Gasteiger partial charge in [0.2, 0.25) is 5.60 Å². The Hall–Kier alpha value is -1.24. The molecule has 1 aliphatic heterocycles. The lowest BCUT2D eigenvalue weighted by Crippen LogP contribution is -2.44. The van der Waals surface area contributed by atoms with E-state index in [2.05, 4.69) is 17.7 Å². The molecule has 0 unspecified atom stereocenters. The summed E-state index contributed by atoms with van der Waals surface area (Å²) in [7, 11) is 3.54. The maximum absolute atomic E-state index is 11.9. The quantitative estimate of drug-likeness (QED) is 0.595. The summed E-state index contributed by atoms with van der Waals surface area (Å²) in [6.07, 6.45) is 1.39. The van der Waals surface area contributed by atoms with Crippen molar-refractivity contribution in [1.29, 1.82) is 0 Å². The Morgan fingerprint density at radius 1 is 1.30 bits per heavy atom. The average molecular weight is 337 g/mol. The Kier molecular flexibility index (Phi) is 4.85. The highest BCUT2D eigenvalue weighted by Gasteiger charge is 2.54. The van der Waals surface area contributed by atoms with Gasteiger partial charge in [-0.25, -0.2) is 4.79 Å². The minimum absolute atomic E-state index is 0.303. The van der Waals surface area contributed by atoms with Crippen LogP contribution in [0.1, 0.15) is 18.4 Å². The third-order valence-corrected chi connectivity index (χ3v) is 4.82. The molecule has 1 heterocycles. The second-order valence-corrected chi connectivity index (χ2v) is 6.86. The van der Waals surface area contributed by atoms with Crippen LogP contribution in [0.4, 0.5) is 0 Å². The first-order valence-corrected chi connectivity index (χ1v) is 8.37. The molecule has 0 radical (unpaired) electrons. The molecule has 2 aliphatic rings. The Bertz CT molecular complexity index is 587. The Labute approximate surface area is 142 Å². The third-order valence-electron chi connectivity index (χ3n) is 4.59. The number of hydrogen-bond acceptors (Lipinski definition) is 5. The molecule has 2 fully saturated rings. The summed E-state index contributed by atoms with van der Waals surface area (Å²) in [6.45, 7) is 4.99. The second kappa shape index (κ2) is 6.71. The van der Waals surface area contributed by atoms with Gasteiger partial charge in [-0.2, -0.15) is 0 Å². The highest BCUT2D eigenvalue weighted by Crippen LogP contribution is 2.42. The van der Waals surface area contributed by atoms with E-state index >= 15 is 0 Å². The van der Waals surface area contributed by atoms with Crippen molar-refractivity contribution in [2.75, 3.05) is 33.3 Å². The molecule has 5 nitrogen and oxygen atoms in total. The summed E-state index contributed by atoms with van der Waals surface area (Å²) in [6, 6.07) is 5.66. The summed E-state index contributed by atoms with van der Waals surface area (Å²) in [5.41, 5.74) is 0.255. The van der Waals surface area contributed by atoms with Crippen molar-refractivity contribution in [3.8, 4) is 5.75 Å². The zero-order valence-corrected chi connectivity index (χ0v) is 14.4. The molecule has 1 saturated carbocycles. The van der Waals surface area contributed by atoms with Gasteiger partial charge < -0.3 is 14.3 Å². The van der Waals surface area contributed by atoms with Gasteiger partial charge in [0.05, 0.1) is 7.11 Å². The van der Waals surface area contributed by atoms with E-state index in [-0.39, 0.29) is 5.97 Å². The highest BCUT2D eigenvalue weighted by atomic mass is 35.5. The van der Waals surface area contributed by atoms with E-state index in [0.29, 0.717) is 23.6 Å². The molecule has 124 valence electrons. The molecule has 1 saturated heterocycles. The molecular weight excluding hydrogens is 314 g/mol. The number of benzene rings is 1. The molecule has 1 aromatic carbocycles. The summed E-state index contributed by atoms with van der Waals surface area (Å²) in [4.78, 5) is 16.6. The van der Waals surface area contributed by atoms with E-state index in [4.69, 9.17) is 21.1 Å². The zero-order chi connectivity index (χ0) is 16.4. The van der Waals surface area contributed by atoms with Gasteiger partial charge in [-0.15, -0.1) is 0 Å². The van der Waals surface area contributed by atoms with Crippen LogP contribution in [0, 0.1) is 0 Å². The first kappa shape index (κ1) is 16.6. The normalized spacial score (nSPS) is 21.0. The van der Waals surface area contributed by atoms with Gasteiger partial charge in [-0.1, -0.05) is 17.7 Å². The van der Waals surface area contributed by atoms with Crippen molar-refractivity contribution < 1.29 is 14.3 Å².